The second-order valence-corrected chi connectivity index (χ2v) is 5.69. The van der Waals surface area contributed by atoms with Crippen LogP contribution in [0.3, 0.4) is 0 Å². The summed E-state index contributed by atoms with van der Waals surface area (Å²) in [6.07, 6.45) is 4.31. The van der Waals surface area contributed by atoms with Crippen LogP contribution in [-0.2, 0) is 11.2 Å². The van der Waals surface area contributed by atoms with Crippen LogP contribution in [0, 0.1) is 12.8 Å². The average Bonchev–Trinajstić information content (AvgIpc) is 2.97. The van der Waals surface area contributed by atoms with Crippen molar-refractivity contribution in [2.45, 2.75) is 46.5 Å². The van der Waals surface area contributed by atoms with E-state index in [1.54, 1.807) is 0 Å². The zero-order chi connectivity index (χ0) is 15.1. The zero-order valence-electron chi connectivity index (χ0n) is 13.5. The van der Waals surface area contributed by atoms with Gasteiger partial charge >= 0.3 is 0 Å². The highest BCUT2D eigenvalue weighted by atomic mass is 16.5. The number of nitrogens with zero attached hydrogens (tertiary/aromatic N) is 2. The summed E-state index contributed by atoms with van der Waals surface area (Å²) in [5, 5.41) is 6.83. The zero-order valence-corrected chi connectivity index (χ0v) is 13.5. The third-order valence-electron chi connectivity index (χ3n) is 3.88. The lowest BCUT2D eigenvalue weighted by Crippen LogP contribution is -2.14. The summed E-state index contributed by atoms with van der Waals surface area (Å²) in [6, 6.07) is 0. The maximum Gasteiger partial charge on any atom is 0.134 e. The highest BCUT2D eigenvalue weighted by molar-refractivity contribution is 5.57. The van der Waals surface area contributed by atoms with Crippen molar-refractivity contribution in [3.8, 4) is 0 Å². The molecule has 0 aromatic carbocycles. The van der Waals surface area contributed by atoms with E-state index in [0.717, 1.165) is 68.6 Å². The maximum atomic E-state index is 5.42. The average molecular weight is 292 g/mol. The van der Waals surface area contributed by atoms with Crippen molar-refractivity contribution in [1.29, 1.82) is 0 Å². The van der Waals surface area contributed by atoms with Crippen LogP contribution in [0.5, 0.6) is 0 Å². The number of nitrogens with one attached hydrogen (secondary N) is 2. The Hall–Kier alpha value is -1.36. The molecule has 5 heteroatoms. The monoisotopic (exact) mass is 292 g/mol. The van der Waals surface area contributed by atoms with Crippen LogP contribution in [0.4, 0.5) is 11.6 Å². The van der Waals surface area contributed by atoms with Crippen LogP contribution >= 0.6 is 0 Å². The number of aryl methyl sites for hydroxylation is 1. The third kappa shape index (κ3) is 4.56. The van der Waals surface area contributed by atoms with E-state index in [-0.39, 0.29) is 0 Å². The van der Waals surface area contributed by atoms with Crippen molar-refractivity contribution in [2.24, 2.45) is 5.92 Å². The molecule has 0 aliphatic carbocycles. The van der Waals surface area contributed by atoms with Gasteiger partial charge in [0.05, 0.1) is 0 Å². The molecular weight excluding hydrogens is 264 g/mol. The van der Waals surface area contributed by atoms with Crippen molar-refractivity contribution >= 4 is 11.6 Å². The predicted molar refractivity (Wildman–Crippen MR) is 87.0 cm³/mol. The SMILES string of the molecule is CCCc1nc(NCC)c(C)c(NCCC2CCOC2)n1. The highest BCUT2D eigenvalue weighted by Gasteiger charge is 2.16. The van der Waals surface area contributed by atoms with E-state index in [1.165, 1.54) is 6.42 Å². The predicted octanol–water partition coefficient (Wildman–Crippen LogP) is 3.01. The molecule has 1 saturated heterocycles. The molecule has 0 bridgehead atoms. The van der Waals surface area contributed by atoms with Gasteiger partial charge in [0.25, 0.3) is 0 Å². The molecule has 1 unspecified atom stereocenters. The maximum absolute atomic E-state index is 5.42. The first kappa shape index (κ1) is 16.0. The first-order valence-corrected chi connectivity index (χ1v) is 8.17. The Balaban J connectivity index is 2.01. The minimum absolute atomic E-state index is 0.697. The fourth-order valence-corrected chi connectivity index (χ4v) is 2.62. The Morgan fingerprint density at radius 2 is 1.95 bits per heavy atom. The smallest absolute Gasteiger partial charge is 0.134 e. The number of rotatable bonds is 8. The first-order valence-electron chi connectivity index (χ1n) is 8.17. The minimum Gasteiger partial charge on any atom is -0.381 e. The molecule has 0 amide bonds. The molecule has 1 aliphatic rings. The molecule has 118 valence electrons. The number of hydrogen-bond donors (Lipinski definition) is 2. The van der Waals surface area contributed by atoms with Gasteiger partial charge in [-0.3, -0.25) is 0 Å². The minimum atomic E-state index is 0.697. The number of hydrogen-bond acceptors (Lipinski definition) is 5. The lowest BCUT2D eigenvalue weighted by molar-refractivity contribution is 0.185. The van der Waals surface area contributed by atoms with Crippen LogP contribution in [0.25, 0.3) is 0 Å². The first-order chi connectivity index (χ1) is 10.2. The van der Waals surface area contributed by atoms with Gasteiger partial charge in [-0.15, -0.1) is 0 Å². The summed E-state index contributed by atoms with van der Waals surface area (Å²) >= 11 is 0. The van der Waals surface area contributed by atoms with E-state index >= 15 is 0 Å². The summed E-state index contributed by atoms with van der Waals surface area (Å²) in [7, 11) is 0. The Bertz CT molecular complexity index is 444. The van der Waals surface area contributed by atoms with Gasteiger partial charge in [0, 0.05) is 38.3 Å². The summed E-state index contributed by atoms with van der Waals surface area (Å²) in [5.41, 5.74) is 1.11. The normalized spacial score (nSPS) is 18.0. The molecule has 1 aliphatic heterocycles. The van der Waals surface area contributed by atoms with Gasteiger partial charge in [0.1, 0.15) is 17.5 Å². The lowest BCUT2D eigenvalue weighted by atomic mass is 10.1. The van der Waals surface area contributed by atoms with Gasteiger partial charge in [-0.1, -0.05) is 6.92 Å². The Morgan fingerprint density at radius 1 is 1.19 bits per heavy atom. The van der Waals surface area contributed by atoms with E-state index in [2.05, 4.69) is 41.4 Å². The van der Waals surface area contributed by atoms with Crippen molar-refractivity contribution < 1.29 is 4.74 Å². The number of ether oxygens (including phenoxy) is 1. The second-order valence-electron chi connectivity index (χ2n) is 5.69. The van der Waals surface area contributed by atoms with Gasteiger partial charge in [-0.25, -0.2) is 9.97 Å². The van der Waals surface area contributed by atoms with Gasteiger partial charge in [-0.2, -0.15) is 0 Å². The fourth-order valence-electron chi connectivity index (χ4n) is 2.62. The van der Waals surface area contributed by atoms with Crippen LogP contribution in [-0.4, -0.2) is 36.3 Å². The summed E-state index contributed by atoms with van der Waals surface area (Å²) in [5.74, 6) is 3.56. The summed E-state index contributed by atoms with van der Waals surface area (Å²) in [4.78, 5) is 9.29. The van der Waals surface area contributed by atoms with E-state index in [1.807, 2.05) is 0 Å². The molecule has 5 nitrogen and oxygen atoms in total. The van der Waals surface area contributed by atoms with Crippen molar-refractivity contribution in [1.82, 2.24) is 9.97 Å². The Kier molecular flexibility index (Phi) is 6.23. The fraction of sp³-hybridized carbons (Fsp3) is 0.750. The largest absolute Gasteiger partial charge is 0.381 e. The Morgan fingerprint density at radius 3 is 2.57 bits per heavy atom. The van der Waals surface area contributed by atoms with Gasteiger partial charge in [0.2, 0.25) is 0 Å². The molecule has 1 fully saturated rings. The van der Waals surface area contributed by atoms with Gasteiger partial charge in [0.15, 0.2) is 0 Å². The van der Waals surface area contributed by atoms with Crippen LogP contribution < -0.4 is 10.6 Å². The quantitative estimate of drug-likeness (QED) is 0.771. The molecule has 21 heavy (non-hydrogen) atoms. The van der Waals surface area contributed by atoms with E-state index in [0.29, 0.717) is 5.92 Å². The molecular formula is C16H28N4O. The van der Waals surface area contributed by atoms with Crippen molar-refractivity contribution in [3.05, 3.63) is 11.4 Å². The molecule has 2 N–H and O–H groups in total. The summed E-state index contributed by atoms with van der Waals surface area (Å²) in [6.45, 7) is 9.98. The number of aromatic nitrogens is 2. The van der Waals surface area contributed by atoms with Crippen LogP contribution in [0.2, 0.25) is 0 Å². The van der Waals surface area contributed by atoms with Crippen molar-refractivity contribution in [3.63, 3.8) is 0 Å². The molecule has 1 atom stereocenters. The molecule has 2 rings (SSSR count). The summed E-state index contributed by atoms with van der Waals surface area (Å²) < 4.78 is 5.42. The number of anilines is 2. The molecule has 0 spiro atoms. The van der Waals surface area contributed by atoms with Crippen molar-refractivity contribution in [2.75, 3.05) is 36.9 Å². The Labute approximate surface area is 127 Å². The van der Waals surface area contributed by atoms with E-state index in [4.69, 9.17) is 4.74 Å². The molecule has 1 aromatic heterocycles. The van der Waals surface area contributed by atoms with Crippen LogP contribution in [0.15, 0.2) is 0 Å². The molecule has 2 heterocycles. The molecule has 0 radical (unpaired) electrons. The molecule has 1 aromatic rings. The lowest BCUT2D eigenvalue weighted by Gasteiger charge is -2.15. The second kappa shape index (κ2) is 8.17. The van der Waals surface area contributed by atoms with Gasteiger partial charge in [-0.05, 0) is 39.0 Å². The highest BCUT2D eigenvalue weighted by Crippen LogP contribution is 2.22. The van der Waals surface area contributed by atoms with E-state index < -0.39 is 0 Å². The van der Waals surface area contributed by atoms with Crippen LogP contribution in [0.1, 0.15) is 44.5 Å². The third-order valence-corrected chi connectivity index (χ3v) is 3.88. The topological polar surface area (TPSA) is 59.1 Å². The standard InChI is InChI=1S/C16H28N4O/c1-4-6-14-19-15(17-5-2)12(3)16(20-14)18-9-7-13-8-10-21-11-13/h13H,4-11H2,1-3H3,(H2,17,18,19,20). The van der Waals surface area contributed by atoms with E-state index in [9.17, 15) is 0 Å². The van der Waals surface area contributed by atoms with Gasteiger partial charge < -0.3 is 15.4 Å². The molecule has 0 saturated carbocycles.